The third-order valence-electron chi connectivity index (χ3n) is 6.42. The van der Waals surface area contributed by atoms with Crippen molar-refractivity contribution < 1.29 is 27.6 Å². The van der Waals surface area contributed by atoms with Crippen LogP contribution < -0.4 is 14.8 Å². The number of ether oxygens (including phenoxy) is 2. The maximum Gasteiger partial charge on any atom is 0.272 e. The number of nitro benzene ring substituents is 1. The molecule has 2 aromatic carbocycles. The number of carbonyl (C=O) groups is 1. The number of hydrogen-bond donors (Lipinski definition) is 2. The Balaban J connectivity index is 1.83. The highest BCUT2D eigenvalue weighted by molar-refractivity contribution is 7.89. The topological polar surface area (TPSA) is 155 Å². The summed E-state index contributed by atoms with van der Waals surface area (Å²) in [6, 6.07) is 8.57. The van der Waals surface area contributed by atoms with Crippen LogP contribution in [0.3, 0.4) is 0 Å². The van der Waals surface area contributed by atoms with Crippen LogP contribution in [-0.4, -0.2) is 54.3 Å². The van der Waals surface area contributed by atoms with Gasteiger partial charge in [-0.2, -0.15) is 9.78 Å². The maximum absolute atomic E-state index is 13.2. The summed E-state index contributed by atoms with van der Waals surface area (Å²) in [5.41, 5.74) is 2.45. The Hall–Kier alpha value is -3.81. The fourth-order valence-electron chi connectivity index (χ4n) is 4.41. The summed E-state index contributed by atoms with van der Waals surface area (Å²) >= 11 is 0. The van der Waals surface area contributed by atoms with Crippen molar-refractivity contribution in [3.8, 4) is 17.3 Å². The molecule has 0 spiro atoms. The first-order chi connectivity index (χ1) is 18.9. The van der Waals surface area contributed by atoms with Crippen LogP contribution in [0, 0.1) is 30.9 Å². The van der Waals surface area contributed by atoms with E-state index >= 15 is 0 Å². The van der Waals surface area contributed by atoms with E-state index in [1.807, 2.05) is 32.0 Å². The Labute approximate surface area is 232 Å². The van der Waals surface area contributed by atoms with Crippen LogP contribution in [0.2, 0.25) is 0 Å². The smallest absolute Gasteiger partial charge is 0.272 e. The van der Waals surface area contributed by atoms with Crippen LogP contribution >= 0.6 is 0 Å². The van der Waals surface area contributed by atoms with Gasteiger partial charge in [0.15, 0.2) is 5.69 Å². The molecule has 1 aromatic heterocycles. The van der Waals surface area contributed by atoms with Crippen molar-refractivity contribution >= 4 is 21.6 Å². The van der Waals surface area contributed by atoms with Gasteiger partial charge in [0.1, 0.15) is 10.6 Å². The first kappa shape index (κ1) is 29.2. The van der Waals surface area contributed by atoms with Crippen molar-refractivity contribution in [2.45, 2.75) is 64.5 Å². The molecule has 13 heteroatoms. The molecular formula is C27H33N5O7S. The molecule has 1 fully saturated rings. The number of hydrogen-bond acceptors (Lipinski definition) is 8. The molecule has 12 nitrogen and oxygen atoms in total. The number of aryl methyl sites for hydroxylation is 2. The Bertz CT molecular complexity index is 1540. The van der Waals surface area contributed by atoms with E-state index in [9.17, 15) is 23.3 Å². The van der Waals surface area contributed by atoms with E-state index in [-0.39, 0.29) is 23.4 Å². The zero-order valence-electron chi connectivity index (χ0n) is 23.1. The Morgan fingerprint density at radius 2 is 1.98 bits per heavy atom. The fourth-order valence-corrected chi connectivity index (χ4v) is 5.80. The van der Waals surface area contributed by atoms with Crippen LogP contribution in [0.4, 0.5) is 5.69 Å². The SMILES string of the molecule is Cc1ccc(C)c(-n2nc(C(=O)NCC3CCCO3)c(C)c2Oc2ccc([N+](=O)[O-])cc2S(=O)(=O)NC(C)C)c1. The molecule has 1 saturated heterocycles. The standard InChI is InChI=1S/C27H33N5O7S/c1-16(2)30-40(36,37)24-14-20(32(34)35)10-11-23(24)39-27-19(5)25(26(33)28-15-21-7-6-12-38-21)29-31(27)22-13-17(3)8-9-18(22)4/h8-11,13-14,16,21,30H,6-7,12,15H2,1-5H3,(H,28,33). The van der Waals surface area contributed by atoms with E-state index in [2.05, 4.69) is 15.1 Å². The third kappa shape index (κ3) is 6.32. The third-order valence-corrected chi connectivity index (χ3v) is 8.10. The van der Waals surface area contributed by atoms with E-state index in [0.717, 1.165) is 36.1 Å². The van der Waals surface area contributed by atoms with Gasteiger partial charge in [-0.1, -0.05) is 12.1 Å². The van der Waals surface area contributed by atoms with Crippen LogP contribution in [0.5, 0.6) is 11.6 Å². The van der Waals surface area contributed by atoms with Gasteiger partial charge >= 0.3 is 0 Å². The van der Waals surface area contributed by atoms with Crippen molar-refractivity contribution in [1.29, 1.82) is 0 Å². The van der Waals surface area contributed by atoms with Gasteiger partial charge in [-0.3, -0.25) is 14.9 Å². The summed E-state index contributed by atoms with van der Waals surface area (Å²) in [5, 5.41) is 18.9. The molecule has 0 saturated carbocycles. The van der Waals surface area contributed by atoms with Crippen molar-refractivity contribution in [3.63, 3.8) is 0 Å². The molecule has 3 aromatic rings. The lowest BCUT2D eigenvalue weighted by atomic mass is 10.1. The number of nitrogens with zero attached hydrogens (tertiary/aromatic N) is 3. The zero-order valence-corrected chi connectivity index (χ0v) is 23.9. The number of benzene rings is 2. The monoisotopic (exact) mass is 571 g/mol. The number of non-ortho nitro benzene ring substituents is 1. The zero-order chi connectivity index (χ0) is 29.2. The molecule has 2 heterocycles. The molecule has 0 radical (unpaired) electrons. The largest absolute Gasteiger partial charge is 0.437 e. The Kier molecular flexibility index (Phi) is 8.57. The average Bonchev–Trinajstić information content (AvgIpc) is 3.52. The van der Waals surface area contributed by atoms with E-state index < -0.39 is 37.5 Å². The van der Waals surface area contributed by atoms with Crippen molar-refractivity contribution in [3.05, 3.63) is 68.9 Å². The van der Waals surface area contributed by atoms with Crippen molar-refractivity contribution in [2.24, 2.45) is 0 Å². The molecule has 0 bridgehead atoms. The van der Waals surface area contributed by atoms with Gasteiger partial charge in [0.2, 0.25) is 15.9 Å². The Morgan fingerprint density at radius 1 is 1.23 bits per heavy atom. The molecule has 1 atom stereocenters. The van der Waals surface area contributed by atoms with E-state index in [1.165, 1.54) is 10.7 Å². The summed E-state index contributed by atoms with van der Waals surface area (Å²) in [7, 11) is -4.20. The maximum atomic E-state index is 13.2. The van der Waals surface area contributed by atoms with Gasteiger partial charge in [-0.05, 0) is 70.7 Å². The minimum absolute atomic E-state index is 0.0672. The van der Waals surface area contributed by atoms with Gasteiger partial charge in [-0.25, -0.2) is 13.1 Å². The fraction of sp³-hybridized carbons (Fsp3) is 0.407. The van der Waals surface area contributed by atoms with Crippen LogP contribution in [-0.2, 0) is 14.8 Å². The molecule has 1 aliphatic rings. The van der Waals surface area contributed by atoms with Gasteiger partial charge in [0.25, 0.3) is 11.6 Å². The number of amides is 1. The number of nitrogens with one attached hydrogen (secondary N) is 2. The summed E-state index contributed by atoms with van der Waals surface area (Å²) < 4.78 is 42.0. The minimum atomic E-state index is -4.20. The number of rotatable bonds is 10. The molecule has 214 valence electrons. The van der Waals surface area contributed by atoms with Crippen LogP contribution in [0.25, 0.3) is 5.69 Å². The number of carbonyl (C=O) groups excluding carboxylic acids is 1. The summed E-state index contributed by atoms with van der Waals surface area (Å²) in [5.74, 6) is -0.481. The lowest BCUT2D eigenvalue weighted by molar-refractivity contribution is -0.385. The molecule has 1 amide bonds. The second-order valence-electron chi connectivity index (χ2n) is 10.1. The molecule has 2 N–H and O–H groups in total. The van der Waals surface area contributed by atoms with E-state index in [0.29, 0.717) is 24.4 Å². The highest BCUT2D eigenvalue weighted by atomic mass is 32.2. The lowest BCUT2D eigenvalue weighted by Crippen LogP contribution is -2.32. The molecule has 1 unspecified atom stereocenters. The van der Waals surface area contributed by atoms with E-state index in [4.69, 9.17) is 9.47 Å². The first-order valence-electron chi connectivity index (χ1n) is 12.9. The highest BCUT2D eigenvalue weighted by Gasteiger charge is 2.29. The summed E-state index contributed by atoms with van der Waals surface area (Å²) in [6.07, 6.45) is 1.72. The summed E-state index contributed by atoms with van der Waals surface area (Å²) in [4.78, 5) is 23.6. The van der Waals surface area contributed by atoms with E-state index in [1.54, 1.807) is 20.8 Å². The molecule has 1 aliphatic heterocycles. The minimum Gasteiger partial charge on any atom is -0.437 e. The number of sulfonamides is 1. The molecule has 4 rings (SSSR count). The van der Waals surface area contributed by atoms with Gasteiger partial charge in [0.05, 0.1) is 16.7 Å². The number of aromatic nitrogens is 2. The average molecular weight is 572 g/mol. The predicted octanol–water partition coefficient (Wildman–Crippen LogP) is 4.09. The first-order valence-corrected chi connectivity index (χ1v) is 14.4. The number of nitro groups is 1. The Morgan fingerprint density at radius 3 is 2.62 bits per heavy atom. The summed E-state index contributed by atoms with van der Waals surface area (Å²) in [6.45, 7) is 9.69. The quantitative estimate of drug-likeness (QED) is 0.272. The van der Waals surface area contributed by atoms with Crippen molar-refractivity contribution in [1.82, 2.24) is 19.8 Å². The van der Waals surface area contributed by atoms with Gasteiger partial charge < -0.3 is 14.8 Å². The van der Waals surface area contributed by atoms with Gasteiger partial charge in [0, 0.05) is 36.9 Å². The van der Waals surface area contributed by atoms with Crippen LogP contribution in [0.15, 0.2) is 41.3 Å². The molecule has 40 heavy (non-hydrogen) atoms. The highest BCUT2D eigenvalue weighted by Crippen LogP contribution is 2.36. The molecular weight excluding hydrogens is 538 g/mol. The van der Waals surface area contributed by atoms with Crippen molar-refractivity contribution in [2.75, 3.05) is 13.2 Å². The molecule has 0 aliphatic carbocycles. The van der Waals surface area contributed by atoms with Crippen LogP contribution in [0.1, 0.15) is 53.9 Å². The lowest BCUT2D eigenvalue weighted by Gasteiger charge is -2.16. The second-order valence-corrected chi connectivity index (χ2v) is 11.8. The van der Waals surface area contributed by atoms with Gasteiger partial charge in [-0.15, -0.1) is 0 Å². The normalized spacial score (nSPS) is 15.4. The predicted molar refractivity (Wildman–Crippen MR) is 148 cm³/mol. The second kappa shape index (κ2) is 11.7.